The summed E-state index contributed by atoms with van der Waals surface area (Å²) >= 11 is 0. The first-order chi connectivity index (χ1) is 13.8. The summed E-state index contributed by atoms with van der Waals surface area (Å²) in [7, 11) is 0. The number of non-ortho nitro benzene ring substituents is 1. The van der Waals surface area contributed by atoms with Crippen molar-refractivity contribution in [2.24, 2.45) is 0 Å². The Labute approximate surface area is 166 Å². The number of nitro benzene ring substituents is 1. The van der Waals surface area contributed by atoms with Crippen LogP contribution in [0.4, 0.5) is 21.5 Å². The smallest absolute Gasteiger partial charge is 0.341 e. The van der Waals surface area contributed by atoms with Gasteiger partial charge in [-0.15, -0.1) is 0 Å². The van der Waals surface area contributed by atoms with Gasteiger partial charge >= 0.3 is 5.97 Å². The van der Waals surface area contributed by atoms with E-state index in [1.807, 2.05) is 4.90 Å². The van der Waals surface area contributed by atoms with Crippen LogP contribution in [-0.4, -0.2) is 36.5 Å². The number of rotatable bonds is 6. The van der Waals surface area contributed by atoms with Gasteiger partial charge in [0.25, 0.3) is 11.6 Å². The molecule has 0 unspecified atom stereocenters. The molecule has 0 spiro atoms. The molecule has 0 aliphatic carbocycles. The number of aryl methyl sites for hydroxylation is 1. The maximum absolute atomic E-state index is 13.8. The topological polar surface area (TPSA) is 102 Å². The van der Waals surface area contributed by atoms with Crippen molar-refractivity contribution in [1.82, 2.24) is 0 Å². The Morgan fingerprint density at radius 1 is 1.21 bits per heavy atom. The number of amides is 1. The van der Waals surface area contributed by atoms with Crippen molar-refractivity contribution in [1.29, 1.82) is 0 Å². The number of esters is 1. The summed E-state index contributed by atoms with van der Waals surface area (Å²) in [5.74, 6) is -2.16. The third-order valence-corrected chi connectivity index (χ3v) is 4.59. The van der Waals surface area contributed by atoms with Gasteiger partial charge in [0.15, 0.2) is 6.61 Å². The molecule has 1 N–H and O–H groups in total. The quantitative estimate of drug-likeness (QED) is 0.452. The number of hydrogen-bond donors (Lipinski definition) is 1. The van der Waals surface area contributed by atoms with Crippen LogP contribution in [0.25, 0.3) is 0 Å². The molecule has 1 heterocycles. The molecule has 1 fully saturated rings. The summed E-state index contributed by atoms with van der Waals surface area (Å²) in [4.78, 5) is 37.0. The Kier molecular flexibility index (Phi) is 6.06. The first-order valence-corrected chi connectivity index (χ1v) is 9.11. The number of benzene rings is 2. The molecule has 9 heteroatoms. The van der Waals surface area contributed by atoms with Crippen LogP contribution in [-0.2, 0) is 9.53 Å². The number of anilines is 2. The lowest BCUT2D eigenvalue weighted by Gasteiger charge is -2.20. The lowest BCUT2D eigenvalue weighted by Crippen LogP contribution is -2.24. The first kappa shape index (κ1) is 20.2. The SMILES string of the molecule is Cc1ccc(NC(=O)COC(=O)c2cc([N+](=O)[O-])ccc2N2CCCC2)c(F)c1. The predicted molar refractivity (Wildman–Crippen MR) is 105 cm³/mol. The van der Waals surface area contributed by atoms with Crippen molar-refractivity contribution < 1.29 is 23.6 Å². The van der Waals surface area contributed by atoms with Gasteiger partial charge in [0.1, 0.15) is 5.82 Å². The summed E-state index contributed by atoms with van der Waals surface area (Å²) < 4.78 is 18.9. The van der Waals surface area contributed by atoms with Crippen LogP contribution in [0.5, 0.6) is 0 Å². The van der Waals surface area contributed by atoms with E-state index in [1.165, 1.54) is 24.3 Å². The highest BCUT2D eigenvalue weighted by Crippen LogP contribution is 2.29. The van der Waals surface area contributed by atoms with E-state index in [4.69, 9.17) is 4.74 Å². The molecule has 0 radical (unpaired) electrons. The monoisotopic (exact) mass is 401 g/mol. The van der Waals surface area contributed by atoms with Crippen molar-refractivity contribution in [2.45, 2.75) is 19.8 Å². The van der Waals surface area contributed by atoms with Crippen LogP contribution < -0.4 is 10.2 Å². The van der Waals surface area contributed by atoms with Crippen molar-refractivity contribution in [2.75, 3.05) is 29.9 Å². The Morgan fingerprint density at radius 3 is 2.59 bits per heavy atom. The van der Waals surface area contributed by atoms with Crippen molar-refractivity contribution in [3.05, 3.63) is 63.5 Å². The van der Waals surface area contributed by atoms with Gasteiger partial charge in [0, 0.05) is 25.2 Å². The van der Waals surface area contributed by atoms with Gasteiger partial charge in [0.2, 0.25) is 0 Å². The minimum absolute atomic E-state index is 0.0234. The maximum Gasteiger partial charge on any atom is 0.341 e. The average Bonchev–Trinajstić information content (AvgIpc) is 3.22. The minimum Gasteiger partial charge on any atom is -0.452 e. The van der Waals surface area contributed by atoms with E-state index in [1.54, 1.807) is 13.0 Å². The normalized spacial score (nSPS) is 13.2. The molecule has 29 heavy (non-hydrogen) atoms. The van der Waals surface area contributed by atoms with E-state index < -0.39 is 29.2 Å². The number of halogens is 1. The lowest BCUT2D eigenvalue weighted by atomic mass is 10.1. The second-order valence-corrected chi connectivity index (χ2v) is 6.76. The standard InChI is InChI=1S/C20H20FN3O5/c1-13-4-6-17(16(21)10-13)22-19(25)12-29-20(26)15-11-14(24(27)28)5-7-18(15)23-8-2-3-9-23/h4-7,10-11H,2-3,8-9,12H2,1H3,(H,22,25). The van der Waals surface area contributed by atoms with E-state index in [0.717, 1.165) is 32.0 Å². The third-order valence-electron chi connectivity index (χ3n) is 4.59. The molecular formula is C20H20FN3O5. The Balaban J connectivity index is 1.71. The zero-order valence-corrected chi connectivity index (χ0v) is 15.8. The van der Waals surface area contributed by atoms with Gasteiger partial charge in [-0.25, -0.2) is 9.18 Å². The van der Waals surface area contributed by atoms with Crippen molar-refractivity contribution in [3.63, 3.8) is 0 Å². The van der Waals surface area contributed by atoms with Crippen molar-refractivity contribution in [3.8, 4) is 0 Å². The molecule has 1 aliphatic heterocycles. The van der Waals surface area contributed by atoms with Crippen LogP contribution in [0.1, 0.15) is 28.8 Å². The van der Waals surface area contributed by atoms with E-state index >= 15 is 0 Å². The van der Waals surface area contributed by atoms with Crippen molar-refractivity contribution >= 4 is 28.9 Å². The lowest BCUT2D eigenvalue weighted by molar-refractivity contribution is -0.384. The zero-order chi connectivity index (χ0) is 21.0. The summed E-state index contributed by atoms with van der Waals surface area (Å²) in [6.07, 6.45) is 1.91. The average molecular weight is 401 g/mol. The van der Waals surface area contributed by atoms with Crippen LogP contribution in [0, 0.1) is 22.9 Å². The van der Waals surface area contributed by atoms with Crippen LogP contribution >= 0.6 is 0 Å². The molecule has 0 aromatic heterocycles. The second-order valence-electron chi connectivity index (χ2n) is 6.76. The first-order valence-electron chi connectivity index (χ1n) is 9.11. The van der Waals surface area contributed by atoms with E-state index in [2.05, 4.69) is 5.32 Å². The van der Waals surface area contributed by atoms with E-state index in [0.29, 0.717) is 11.3 Å². The predicted octanol–water partition coefficient (Wildman–Crippen LogP) is 3.44. The molecule has 152 valence electrons. The van der Waals surface area contributed by atoms with Gasteiger partial charge in [0.05, 0.1) is 21.9 Å². The third kappa shape index (κ3) is 4.87. The molecule has 1 saturated heterocycles. The molecule has 2 aromatic rings. The molecule has 8 nitrogen and oxygen atoms in total. The summed E-state index contributed by atoms with van der Waals surface area (Å²) in [6, 6.07) is 8.31. The molecule has 1 amide bonds. The zero-order valence-electron chi connectivity index (χ0n) is 15.8. The van der Waals surface area contributed by atoms with Gasteiger partial charge < -0.3 is 15.0 Å². The Morgan fingerprint density at radius 2 is 1.93 bits per heavy atom. The number of nitro groups is 1. The fourth-order valence-electron chi connectivity index (χ4n) is 3.15. The molecule has 2 aromatic carbocycles. The number of nitrogens with zero attached hydrogens (tertiary/aromatic N) is 2. The minimum atomic E-state index is -0.852. The van der Waals surface area contributed by atoms with Crippen LogP contribution in [0.15, 0.2) is 36.4 Å². The second kappa shape index (κ2) is 8.68. The van der Waals surface area contributed by atoms with E-state index in [9.17, 15) is 24.1 Å². The number of carbonyl (C=O) groups is 2. The van der Waals surface area contributed by atoms with Crippen LogP contribution in [0.3, 0.4) is 0 Å². The fraction of sp³-hybridized carbons (Fsp3) is 0.300. The van der Waals surface area contributed by atoms with Gasteiger partial charge in [-0.1, -0.05) is 6.07 Å². The van der Waals surface area contributed by atoms with Gasteiger partial charge in [-0.3, -0.25) is 14.9 Å². The molecule has 1 aliphatic rings. The van der Waals surface area contributed by atoms with E-state index in [-0.39, 0.29) is 16.9 Å². The Hall–Kier alpha value is -3.49. The maximum atomic E-state index is 13.8. The number of hydrogen-bond acceptors (Lipinski definition) is 6. The summed E-state index contributed by atoms with van der Waals surface area (Å²) in [6.45, 7) is 2.53. The van der Waals surface area contributed by atoms with Gasteiger partial charge in [-0.05, 0) is 43.5 Å². The molecule has 0 atom stereocenters. The molecule has 0 saturated carbocycles. The highest BCUT2D eigenvalue weighted by molar-refractivity contribution is 5.99. The number of nitrogens with one attached hydrogen (secondary N) is 1. The Bertz CT molecular complexity index is 957. The highest BCUT2D eigenvalue weighted by Gasteiger charge is 2.24. The van der Waals surface area contributed by atoms with Crippen LogP contribution in [0.2, 0.25) is 0 Å². The molecule has 0 bridgehead atoms. The highest BCUT2D eigenvalue weighted by atomic mass is 19.1. The van der Waals surface area contributed by atoms with Gasteiger partial charge in [-0.2, -0.15) is 0 Å². The summed E-state index contributed by atoms with van der Waals surface area (Å²) in [5, 5.41) is 13.4. The fourth-order valence-corrected chi connectivity index (χ4v) is 3.15. The largest absolute Gasteiger partial charge is 0.452 e. The summed E-state index contributed by atoms with van der Waals surface area (Å²) in [5.41, 5.74) is 0.987. The number of ether oxygens (including phenoxy) is 1. The molecule has 3 rings (SSSR count). The number of carbonyl (C=O) groups excluding carboxylic acids is 2. The molecular weight excluding hydrogens is 381 g/mol.